The molecule has 0 spiro atoms. The third kappa shape index (κ3) is 6.37. The molecule has 1 aromatic heterocycles. The molecule has 0 aliphatic heterocycles. The zero-order valence-electron chi connectivity index (χ0n) is 15.3. The summed E-state index contributed by atoms with van der Waals surface area (Å²) in [4.78, 5) is 12.1. The van der Waals surface area contributed by atoms with Crippen LogP contribution < -0.4 is 5.32 Å². The van der Waals surface area contributed by atoms with Crippen molar-refractivity contribution >= 4 is 45.9 Å². The van der Waals surface area contributed by atoms with E-state index in [1.54, 1.807) is 23.5 Å². The zero-order chi connectivity index (χ0) is 19.1. The molecule has 0 saturated carbocycles. The molecule has 0 fully saturated rings. The number of rotatable bonds is 8. The molecule has 0 aliphatic rings. The van der Waals surface area contributed by atoms with Crippen molar-refractivity contribution in [1.29, 1.82) is 0 Å². The minimum absolute atomic E-state index is 0.0434. The van der Waals surface area contributed by atoms with Crippen LogP contribution in [0.4, 0.5) is 5.13 Å². The highest BCUT2D eigenvalue weighted by molar-refractivity contribution is 8.00. The van der Waals surface area contributed by atoms with E-state index in [-0.39, 0.29) is 5.91 Å². The van der Waals surface area contributed by atoms with E-state index in [1.807, 2.05) is 18.2 Å². The van der Waals surface area contributed by atoms with Crippen LogP contribution in [0.5, 0.6) is 0 Å². The lowest BCUT2D eigenvalue weighted by Crippen LogP contribution is -2.13. The normalized spacial score (nSPS) is 10.7. The molecule has 0 atom stereocenters. The van der Waals surface area contributed by atoms with Crippen molar-refractivity contribution in [3.05, 3.63) is 70.8 Å². The molecule has 0 bridgehead atoms. The SMILES string of the molecule is Cc1ccc(C)c(CSc2nnc(NC(=O)CSCc3ccccc3)s2)c1. The second-order valence-electron chi connectivity index (χ2n) is 6.12. The second kappa shape index (κ2) is 9.92. The smallest absolute Gasteiger partial charge is 0.236 e. The highest BCUT2D eigenvalue weighted by Gasteiger charge is 2.10. The molecule has 2 aromatic carbocycles. The number of carbonyl (C=O) groups excluding carboxylic acids is 1. The lowest BCUT2D eigenvalue weighted by molar-refractivity contribution is -0.113. The summed E-state index contributed by atoms with van der Waals surface area (Å²) in [6, 6.07) is 16.6. The Labute approximate surface area is 172 Å². The highest BCUT2D eigenvalue weighted by Crippen LogP contribution is 2.29. The van der Waals surface area contributed by atoms with Gasteiger partial charge in [0.15, 0.2) is 4.34 Å². The predicted molar refractivity (Wildman–Crippen MR) is 117 cm³/mol. The van der Waals surface area contributed by atoms with Gasteiger partial charge in [-0.05, 0) is 30.5 Å². The van der Waals surface area contributed by atoms with Crippen LogP contribution in [0.2, 0.25) is 0 Å². The summed E-state index contributed by atoms with van der Waals surface area (Å²) in [6.45, 7) is 4.22. The van der Waals surface area contributed by atoms with Crippen molar-refractivity contribution in [3.8, 4) is 0 Å². The first-order chi connectivity index (χ1) is 13.1. The van der Waals surface area contributed by atoms with Crippen molar-refractivity contribution in [2.45, 2.75) is 29.7 Å². The Morgan fingerprint density at radius 2 is 1.89 bits per heavy atom. The summed E-state index contributed by atoms with van der Waals surface area (Å²) in [5, 5.41) is 11.7. The monoisotopic (exact) mass is 415 g/mol. The van der Waals surface area contributed by atoms with E-state index in [1.165, 1.54) is 33.6 Å². The van der Waals surface area contributed by atoms with Crippen LogP contribution in [0.15, 0.2) is 52.9 Å². The van der Waals surface area contributed by atoms with Gasteiger partial charge in [-0.25, -0.2) is 0 Å². The molecule has 4 nitrogen and oxygen atoms in total. The van der Waals surface area contributed by atoms with Crippen LogP contribution in [0.25, 0.3) is 0 Å². The molecule has 140 valence electrons. The summed E-state index contributed by atoms with van der Waals surface area (Å²) in [6.07, 6.45) is 0. The van der Waals surface area contributed by atoms with Crippen molar-refractivity contribution in [3.63, 3.8) is 0 Å². The lowest BCUT2D eigenvalue weighted by Gasteiger charge is -2.05. The summed E-state index contributed by atoms with van der Waals surface area (Å²) in [7, 11) is 0. The van der Waals surface area contributed by atoms with Gasteiger partial charge in [0.25, 0.3) is 0 Å². The summed E-state index contributed by atoms with van der Waals surface area (Å²) in [5.41, 5.74) is 5.06. The van der Waals surface area contributed by atoms with Crippen LogP contribution in [0, 0.1) is 13.8 Å². The van der Waals surface area contributed by atoms with Gasteiger partial charge in [-0.2, -0.15) is 0 Å². The molecule has 0 aliphatic carbocycles. The van der Waals surface area contributed by atoms with Crippen LogP contribution in [0.1, 0.15) is 22.3 Å². The van der Waals surface area contributed by atoms with Gasteiger partial charge in [0.2, 0.25) is 11.0 Å². The Morgan fingerprint density at radius 3 is 2.70 bits per heavy atom. The van der Waals surface area contributed by atoms with Gasteiger partial charge in [0.05, 0.1) is 5.75 Å². The number of carbonyl (C=O) groups is 1. The quantitative estimate of drug-likeness (QED) is 0.399. The fraction of sp³-hybridized carbons (Fsp3) is 0.250. The maximum atomic E-state index is 12.1. The van der Waals surface area contributed by atoms with Crippen LogP contribution in [0.3, 0.4) is 0 Å². The Hall–Kier alpha value is -1.83. The van der Waals surface area contributed by atoms with E-state index in [2.05, 4.69) is 59.7 Å². The number of anilines is 1. The first-order valence-electron chi connectivity index (χ1n) is 8.54. The van der Waals surface area contributed by atoms with Gasteiger partial charge in [-0.1, -0.05) is 77.2 Å². The molecule has 0 saturated heterocycles. The third-order valence-corrected chi connectivity index (χ3v) is 6.88. The van der Waals surface area contributed by atoms with E-state index in [4.69, 9.17) is 0 Å². The summed E-state index contributed by atoms with van der Waals surface area (Å²) >= 11 is 4.66. The van der Waals surface area contributed by atoms with Crippen molar-refractivity contribution in [1.82, 2.24) is 10.2 Å². The molecule has 0 unspecified atom stereocenters. The van der Waals surface area contributed by atoms with Gasteiger partial charge < -0.3 is 0 Å². The maximum absolute atomic E-state index is 12.1. The van der Waals surface area contributed by atoms with Crippen LogP contribution in [-0.2, 0) is 16.3 Å². The molecule has 3 rings (SSSR count). The molecule has 3 aromatic rings. The van der Waals surface area contributed by atoms with Gasteiger partial charge >= 0.3 is 0 Å². The third-order valence-electron chi connectivity index (χ3n) is 3.85. The largest absolute Gasteiger partial charge is 0.300 e. The second-order valence-corrected chi connectivity index (χ2v) is 9.30. The maximum Gasteiger partial charge on any atom is 0.236 e. The van der Waals surface area contributed by atoms with Gasteiger partial charge in [0.1, 0.15) is 0 Å². The van der Waals surface area contributed by atoms with Gasteiger partial charge in [0, 0.05) is 11.5 Å². The number of aryl methyl sites for hydroxylation is 2. The number of hydrogen-bond donors (Lipinski definition) is 1. The lowest BCUT2D eigenvalue weighted by atomic mass is 10.1. The highest BCUT2D eigenvalue weighted by atomic mass is 32.2. The number of nitrogens with one attached hydrogen (secondary N) is 1. The zero-order valence-corrected chi connectivity index (χ0v) is 17.7. The molecule has 1 amide bonds. The Bertz CT molecular complexity index is 896. The molecule has 0 radical (unpaired) electrons. The average molecular weight is 416 g/mol. The number of benzene rings is 2. The fourth-order valence-corrected chi connectivity index (χ4v) is 5.02. The summed E-state index contributed by atoms with van der Waals surface area (Å²) in [5.74, 6) is 2.03. The summed E-state index contributed by atoms with van der Waals surface area (Å²) < 4.78 is 0.864. The Balaban J connectivity index is 1.44. The first-order valence-corrected chi connectivity index (χ1v) is 11.5. The molecular weight excluding hydrogens is 394 g/mol. The molecule has 1 heterocycles. The van der Waals surface area contributed by atoms with E-state index >= 15 is 0 Å². The molecule has 27 heavy (non-hydrogen) atoms. The predicted octanol–water partition coefficient (Wildman–Crippen LogP) is 5.32. The molecule has 7 heteroatoms. The first kappa shape index (κ1) is 19.9. The van der Waals surface area contributed by atoms with Crippen LogP contribution >= 0.6 is 34.9 Å². The van der Waals surface area contributed by atoms with Crippen molar-refractivity contribution < 1.29 is 4.79 Å². The van der Waals surface area contributed by atoms with Crippen molar-refractivity contribution in [2.24, 2.45) is 0 Å². The van der Waals surface area contributed by atoms with Gasteiger partial charge in [-0.15, -0.1) is 22.0 Å². The average Bonchev–Trinajstić information content (AvgIpc) is 3.10. The van der Waals surface area contributed by atoms with Gasteiger partial charge in [-0.3, -0.25) is 10.1 Å². The number of amides is 1. The Kier molecular flexibility index (Phi) is 7.32. The van der Waals surface area contributed by atoms with Crippen LogP contribution in [-0.4, -0.2) is 21.9 Å². The van der Waals surface area contributed by atoms with E-state index in [9.17, 15) is 4.79 Å². The minimum Gasteiger partial charge on any atom is -0.300 e. The fourth-order valence-electron chi connectivity index (χ4n) is 2.41. The number of aromatic nitrogens is 2. The number of thioether (sulfide) groups is 2. The van der Waals surface area contributed by atoms with E-state index < -0.39 is 0 Å². The molecule has 1 N–H and O–H groups in total. The van der Waals surface area contributed by atoms with Crippen molar-refractivity contribution in [2.75, 3.05) is 11.1 Å². The Morgan fingerprint density at radius 1 is 1.07 bits per heavy atom. The molecular formula is C20H21N3OS3. The van der Waals surface area contributed by atoms with E-state index in [0.29, 0.717) is 10.9 Å². The standard InChI is InChI=1S/C20H21N3OS3/c1-14-8-9-15(2)17(10-14)12-26-20-23-22-19(27-20)21-18(24)13-25-11-16-6-4-3-5-7-16/h3-10H,11-13H2,1-2H3,(H,21,22,24). The number of nitrogens with zero attached hydrogens (tertiary/aromatic N) is 2. The van der Waals surface area contributed by atoms with E-state index in [0.717, 1.165) is 15.8 Å². The number of hydrogen-bond acceptors (Lipinski definition) is 6. The topological polar surface area (TPSA) is 54.9 Å². The minimum atomic E-state index is -0.0434.